The van der Waals surface area contributed by atoms with Crippen LogP contribution in [0.25, 0.3) is 0 Å². The highest BCUT2D eigenvalue weighted by molar-refractivity contribution is 6.18. The third kappa shape index (κ3) is 31.9. The Balaban J connectivity index is 3.83. The first-order valence-electron chi connectivity index (χ1n) is 22.1. The molecule has 0 saturated heterocycles. The molecule has 0 aromatic heterocycles. The molecule has 5 nitrogen and oxygen atoms in total. The number of carbonyl (C=O) groups excluding carboxylic acids is 2. The number of carbonyl (C=O) groups is 2. The summed E-state index contributed by atoms with van der Waals surface area (Å²) in [6, 6.07) is 0. The number of nitrogens with zero attached hydrogens (tertiary/aromatic N) is 1. The zero-order valence-electron chi connectivity index (χ0n) is 34.1. The van der Waals surface area contributed by atoms with Crippen molar-refractivity contribution in [2.24, 2.45) is 11.8 Å². The van der Waals surface area contributed by atoms with Crippen molar-refractivity contribution in [2.45, 2.75) is 220 Å². The Kier molecular flexibility index (Phi) is 38.8. The fourth-order valence-corrected chi connectivity index (χ4v) is 7.21. The molecule has 0 saturated carbocycles. The Morgan fingerprint density at radius 3 is 1.10 bits per heavy atom. The van der Waals surface area contributed by atoms with E-state index in [4.69, 9.17) is 21.1 Å². The number of ether oxygens (including phenoxy) is 2. The van der Waals surface area contributed by atoms with E-state index in [-0.39, 0.29) is 23.8 Å². The predicted octanol–water partition coefficient (Wildman–Crippen LogP) is 13.6. The van der Waals surface area contributed by atoms with Crippen molar-refractivity contribution in [3.05, 3.63) is 0 Å². The van der Waals surface area contributed by atoms with Crippen LogP contribution in [0.5, 0.6) is 0 Å². The van der Waals surface area contributed by atoms with E-state index < -0.39 is 0 Å². The molecule has 2 unspecified atom stereocenters. The molecule has 0 spiro atoms. The highest BCUT2D eigenvalue weighted by atomic mass is 35.5. The van der Waals surface area contributed by atoms with Crippen molar-refractivity contribution >= 4 is 23.5 Å². The summed E-state index contributed by atoms with van der Waals surface area (Å²) in [5.74, 6) is 1.06. The Morgan fingerprint density at radius 1 is 0.420 bits per heavy atom. The van der Waals surface area contributed by atoms with Gasteiger partial charge in [0, 0.05) is 12.4 Å². The van der Waals surface area contributed by atoms with Gasteiger partial charge in [0.05, 0.1) is 25.0 Å². The summed E-state index contributed by atoms with van der Waals surface area (Å²) < 4.78 is 11.4. The van der Waals surface area contributed by atoms with Crippen LogP contribution in [-0.2, 0) is 19.1 Å². The zero-order valence-corrected chi connectivity index (χ0v) is 34.8. The maximum absolute atomic E-state index is 12.6. The van der Waals surface area contributed by atoms with Crippen molar-refractivity contribution in [1.82, 2.24) is 4.90 Å². The lowest BCUT2D eigenvalue weighted by Gasteiger charge is -2.21. The molecule has 0 bridgehead atoms. The number of halogens is 1. The fourth-order valence-electron chi connectivity index (χ4n) is 6.98. The number of rotatable bonds is 40. The van der Waals surface area contributed by atoms with Gasteiger partial charge in [0.15, 0.2) is 0 Å². The van der Waals surface area contributed by atoms with E-state index in [1.165, 1.54) is 103 Å². The molecule has 0 aliphatic heterocycles. The van der Waals surface area contributed by atoms with Crippen molar-refractivity contribution in [3.8, 4) is 0 Å². The summed E-state index contributed by atoms with van der Waals surface area (Å²) in [7, 11) is 0. The first-order valence-corrected chi connectivity index (χ1v) is 22.7. The second-order valence-electron chi connectivity index (χ2n) is 15.2. The van der Waals surface area contributed by atoms with Crippen LogP contribution < -0.4 is 0 Å². The SMILES string of the molecule is CCCCCCC(CCCC)C(=O)OCCCCCCCCCN(CCCl)CCCCCCCCCOC(=O)C(CCCC)CCCCCC. The number of hydrogen-bond donors (Lipinski definition) is 0. The minimum Gasteiger partial charge on any atom is -0.465 e. The maximum Gasteiger partial charge on any atom is 0.308 e. The molecule has 0 N–H and O–H groups in total. The molecular weight excluding hydrogens is 642 g/mol. The van der Waals surface area contributed by atoms with E-state index >= 15 is 0 Å². The second kappa shape index (κ2) is 39.4. The third-order valence-electron chi connectivity index (χ3n) is 10.4. The lowest BCUT2D eigenvalue weighted by Crippen LogP contribution is -2.28. The fraction of sp³-hybridized carbons (Fsp3) is 0.955. The van der Waals surface area contributed by atoms with Gasteiger partial charge < -0.3 is 14.4 Å². The van der Waals surface area contributed by atoms with Gasteiger partial charge in [-0.05, 0) is 64.5 Å². The lowest BCUT2D eigenvalue weighted by atomic mass is 9.95. The molecule has 0 aromatic carbocycles. The van der Waals surface area contributed by atoms with E-state index in [9.17, 15) is 9.59 Å². The van der Waals surface area contributed by atoms with E-state index in [1.54, 1.807) is 0 Å². The lowest BCUT2D eigenvalue weighted by molar-refractivity contribution is -0.150. The smallest absolute Gasteiger partial charge is 0.308 e. The van der Waals surface area contributed by atoms with Gasteiger partial charge in [0.2, 0.25) is 0 Å². The van der Waals surface area contributed by atoms with Crippen LogP contribution in [-0.4, -0.2) is 55.6 Å². The predicted molar refractivity (Wildman–Crippen MR) is 217 cm³/mol. The molecule has 2 atom stereocenters. The average Bonchev–Trinajstić information content (AvgIpc) is 3.12. The molecule has 6 heteroatoms. The largest absolute Gasteiger partial charge is 0.465 e. The molecule has 0 aliphatic carbocycles. The molecular formula is C44H86ClNO4. The van der Waals surface area contributed by atoms with Crippen molar-refractivity contribution in [3.63, 3.8) is 0 Å². The second-order valence-corrected chi connectivity index (χ2v) is 15.6. The normalized spacial score (nSPS) is 12.8. The minimum absolute atomic E-state index is 0.0573. The Hall–Kier alpha value is -0.810. The van der Waals surface area contributed by atoms with Crippen LogP contribution in [0.3, 0.4) is 0 Å². The standard InChI is InChI=1S/C44H86ClNO4/c1-5-9-13-25-33-41(31-11-7-3)43(47)49-39-29-23-19-15-17-21-27-36-46(38-35-45)37-28-22-18-16-20-24-30-40-50-44(48)42(32-12-8-4)34-26-14-10-6-2/h41-42H,5-40H2,1-4H3. The Bertz CT molecular complexity index is 664. The molecule has 50 heavy (non-hydrogen) atoms. The van der Waals surface area contributed by atoms with Crippen molar-refractivity contribution < 1.29 is 19.1 Å². The van der Waals surface area contributed by atoms with E-state index in [0.29, 0.717) is 19.1 Å². The third-order valence-corrected chi connectivity index (χ3v) is 10.6. The molecule has 0 fully saturated rings. The van der Waals surface area contributed by atoms with Gasteiger partial charge in [-0.2, -0.15) is 0 Å². The van der Waals surface area contributed by atoms with Crippen molar-refractivity contribution in [1.29, 1.82) is 0 Å². The molecule has 0 rings (SSSR count). The first-order chi connectivity index (χ1) is 24.5. The van der Waals surface area contributed by atoms with Crippen molar-refractivity contribution in [2.75, 3.05) is 38.7 Å². The van der Waals surface area contributed by atoms with Gasteiger partial charge in [0.25, 0.3) is 0 Å². The molecule has 0 aliphatic rings. The summed E-state index contributed by atoms with van der Waals surface area (Å²) in [5, 5.41) is 0. The quantitative estimate of drug-likeness (QED) is 0.0357. The summed E-state index contributed by atoms with van der Waals surface area (Å²) in [6.07, 6.45) is 35.4. The van der Waals surface area contributed by atoms with Crippen LogP contribution >= 0.6 is 11.6 Å². The van der Waals surface area contributed by atoms with Gasteiger partial charge in [0.1, 0.15) is 0 Å². The van der Waals surface area contributed by atoms with Crippen LogP contribution in [0.1, 0.15) is 220 Å². The van der Waals surface area contributed by atoms with E-state index in [1.807, 2.05) is 0 Å². The number of esters is 2. The van der Waals surface area contributed by atoms with E-state index in [0.717, 1.165) is 110 Å². The van der Waals surface area contributed by atoms with Gasteiger partial charge in [-0.25, -0.2) is 0 Å². The van der Waals surface area contributed by atoms with Gasteiger partial charge >= 0.3 is 11.9 Å². The molecule has 0 aromatic rings. The number of alkyl halides is 1. The average molecular weight is 729 g/mol. The summed E-state index contributed by atoms with van der Waals surface area (Å²) in [5.41, 5.74) is 0. The van der Waals surface area contributed by atoms with Crippen LogP contribution in [0.4, 0.5) is 0 Å². The Labute approximate surface area is 317 Å². The molecule has 0 radical (unpaired) electrons. The number of unbranched alkanes of at least 4 members (excludes halogenated alkanes) is 20. The number of hydrogen-bond acceptors (Lipinski definition) is 5. The first kappa shape index (κ1) is 49.2. The maximum atomic E-state index is 12.6. The summed E-state index contributed by atoms with van der Waals surface area (Å²) in [6.45, 7) is 13.4. The molecule has 0 amide bonds. The summed E-state index contributed by atoms with van der Waals surface area (Å²) in [4.78, 5) is 27.8. The monoisotopic (exact) mass is 728 g/mol. The zero-order chi connectivity index (χ0) is 36.8. The topological polar surface area (TPSA) is 55.8 Å². The summed E-state index contributed by atoms with van der Waals surface area (Å²) >= 11 is 6.12. The van der Waals surface area contributed by atoms with Gasteiger partial charge in [-0.1, -0.05) is 169 Å². The highest BCUT2D eigenvalue weighted by Crippen LogP contribution is 2.21. The van der Waals surface area contributed by atoms with E-state index in [2.05, 4.69) is 32.6 Å². The minimum atomic E-state index is 0.0573. The molecule has 0 heterocycles. The van der Waals surface area contributed by atoms with Gasteiger partial charge in [-0.3, -0.25) is 9.59 Å². The van der Waals surface area contributed by atoms with Crippen LogP contribution in [0.2, 0.25) is 0 Å². The van der Waals surface area contributed by atoms with Gasteiger partial charge in [-0.15, -0.1) is 11.6 Å². The van der Waals surface area contributed by atoms with Crippen LogP contribution in [0.15, 0.2) is 0 Å². The molecule has 298 valence electrons. The Morgan fingerprint density at radius 2 is 0.740 bits per heavy atom. The highest BCUT2D eigenvalue weighted by Gasteiger charge is 2.20. The van der Waals surface area contributed by atoms with Crippen LogP contribution in [0, 0.1) is 11.8 Å².